The first-order valence-electron chi connectivity index (χ1n) is 10.3. The van der Waals surface area contributed by atoms with Gasteiger partial charge < -0.3 is 19.3 Å². The molecule has 0 spiro atoms. The molecule has 5 nitrogen and oxygen atoms in total. The van der Waals surface area contributed by atoms with E-state index in [4.69, 9.17) is 9.47 Å². The van der Waals surface area contributed by atoms with Crippen LogP contribution in [0.1, 0.15) is 46.5 Å². The zero-order valence-corrected chi connectivity index (χ0v) is 16.5. The van der Waals surface area contributed by atoms with Crippen LogP contribution in [0.3, 0.4) is 0 Å². The molecule has 5 heteroatoms. The monoisotopic (exact) mass is 354 g/mol. The van der Waals surface area contributed by atoms with E-state index in [1.807, 2.05) is 4.90 Å². The van der Waals surface area contributed by atoms with Gasteiger partial charge in [0.1, 0.15) is 6.61 Å². The second-order valence-electron chi connectivity index (χ2n) is 7.97. The van der Waals surface area contributed by atoms with Crippen LogP contribution in [0.4, 0.5) is 0 Å². The van der Waals surface area contributed by atoms with Crippen molar-refractivity contribution in [3.8, 4) is 0 Å². The number of carbonyl (C=O) groups is 1. The van der Waals surface area contributed by atoms with E-state index in [1.54, 1.807) is 0 Å². The maximum Gasteiger partial charge on any atom is 0.248 e. The third-order valence-electron chi connectivity index (χ3n) is 5.94. The van der Waals surface area contributed by atoms with Crippen LogP contribution in [0.5, 0.6) is 0 Å². The number of ether oxygens (including phenoxy) is 2. The largest absolute Gasteiger partial charge is 0.379 e. The Bertz CT molecular complexity index is 373. The molecule has 0 unspecified atom stereocenters. The number of nitrogens with zero attached hydrogens (tertiary/aromatic N) is 2. The summed E-state index contributed by atoms with van der Waals surface area (Å²) in [5, 5.41) is 0. The molecule has 1 amide bonds. The van der Waals surface area contributed by atoms with E-state index in [9.17, 15) is 4.79 Å². The van der Waals surface area contributed by atoms with Gasteiger partial charge in [0.15, 0.2) is 0 Å². The van der Waals surface area contributed by atoms with Gasteiger partial charge in [-0.2, -0.15) is 0 Å². The van der Waals surface area contributed by atoms with Gasteiger partial charge in [-0.1, -0.05) is 20.8 Å². The van der Waals surface area contributed by atoms with Crippen LogP contribution < -0.4 is 0 Å². The first kappa shape index (κ1) is 20.7. The Morgan fingerprint density at radius 2 is 1.64 bits per heavy atom. The van der Waals surface area contributed by atoms with Crippen molar-refractivity contribution < 1.29 is 14.3 Å². The molecule has 146 valence electrons. The SMILES string of the molecule is CCN1CCC(COCCOCC(=O)N2CCC(C(C)C)CC2)CC1. The van der Waals surface area contributed by atoms with E-state index in [1.165, 1.54) is 25.9 Å². The zero-order valence-electron chi connectivity index (χ0n) is 16.5. The van der Waals surface area contributed by atoms with E-state index in [-0.39, 0.29) is 12.5 Å². The number of hydrogen-bond acceptors (Lipinski definition) is 4. The summed E-state index contributed by atoms with van der Waals surface area (Å²) >= 11 is 0. The molecule has 0 bridgehead atoms. The highest BCUT2D eigenvalue weighted by molar-refractivity contribution is 5.77. The van der Waals surface area contributed by atoms with Crippen LogP contribution in [0.15, 0.2) is 0 Å². The van der Waals surface area contributed by atoms with Gasteiger partial charge in [0.2, 0.25) is 5.91 Å². The van der Waals surface area contributed by atoms with Crippen molar-refractivity contribution >= 4 is 5.91 Å². The molecule has 0 aromatic rings. The van der Waals surface area contributed by atoms with Gasteiger partial charge in [0.05, 0.1) is 13.2 Å². The van der Waals surface area contributed by atoms with Gasteiger partial charge in [0, 0.05) is 19.7 Å². The van der Waals surface area contributed by atoms with Crippen LogP contribution in [-0.2, 0) is 14.3 Å². The van der Waals surface area contributed by atoms with Crippen LogP contribution in [0.25, 0.3) is 0 Å². The Hall–Kier alpha value is -0.650. The molecule has 0 aromatic heterocycles. The molecule has 0 saturated carbocycles. The summed E-state index contributed by atoms with van der Waals surface area (Å²) < 4.78 is 11.3. The van der Waals surface area contributed by atoms with Crippen molar-refractivity contribution in [1.82, 2.24) is 9.80 Å². The molecule has 0 N–H and O–H groups in total. The fourth-order valence-electron chi connectivity index (χ4n) is 3.90. The maximum atomic E-state index is 12.2. The first-order chi connectivity index (χ1) is 12.1. The maximum absolute atomic E-state index is 12.2. The van der Waals surface area contributed by atoms with E-state index >= 15 is 0 Å². The zero-order chi connectivity index (χ0) is 18.1. The van der Waals surface area contributed by atoms with Crippen molar-refractivity contribution in [2.24, 2.45) is 17.8 Å². The molecule has 2 aliphatic rings. The second-order valence-corrected chi connectivity index (χ2v) is 7.97. The number of likely N-dealkylation sites (tertiary alicyclic amines) is 2. The average Bonchev–Trinajstić information content (AvgIpc) is 2.65. The van der Waals surface area contributed by atoms with E-state index in [2.05, 4.69) is 25.7 Å². The number of rotatable bonds is 9. The lowest BCUT2D eigenvalue weighted by atomic mass is 9.87. The van der Waals surface area contributed by atoms with Crippen molar-refractivity contribution in [3.63, 3.8) is 0 Å². The van der Waals surface area contributed by atoms with Crippen LogP contribution >= 0.6 is 0 Å². The van der Waals surface area contributed by atoms with Gasteiger partial charge in [0.25, 0.3) is 0 Å². The minimum Gasteiger partial charge on any atom is -0.379 e. The molecule has 2 aliphatic heterocycles. The van der Waals surface area contributed by atoms with Crippen molar-refractivity contribution in [2.75, 3.05) is 59.2 Å². The molecule has 2 fully saturated rings. The predicted molar refractivity (Wildman–Crippen MR) is 101 cm³/mol. The Balaban J connectivity index is 1.46. The topological polar surface area (TPSA) is 42.0 Å². The molecule has 2 saturated heterocycles. The number of amides is 1. The Kier molecular flexibility index (Phi) is 9.21. The summed E-state index contributed by atoms with van der Waals surface area (Å²) in [5.41, 5.74) is 0. The molecule has 0 radical (unpaired) electrons. The highest BCUT2D eigenvalue weighted by Crippen LogP contribution is 2.24. The van der Waals surface area contributed by atoms with Gasteiger partial charge in [-0.05, 0) is 63.1 Å². The molecule has 2 heterocycles. The molecular weight excluding hydrogens is 316 g/mol. The number of hydrogen-bond donors (Lipinski definition) is 0. The summed E-state index contributed by atoms with van der Waals surface area (Å²) in [6, 6.07) is 0. The number of carbonyl (C=O) groups excluding carboxylic acids is 1. The Morgan fingerprint density at radius 3 is 2.24 bits per heavy atom. The van der Waals surface area contributed by atoms with Gasteiger partial charge >= 0.3 is 0 Å². The second kappa shape index (κ2) is 11.1. The third-order valence-corrected chi connectivity index (χ3v) is 5.94. The normalized spacial score (nSPS) is 21.2. The Morgan fingerprint density at radius 1 is 1.00 bits per heavy atom. The highest BCUT2D eigenvalue weighted by Gasteiger charge is 2.24. The molecule has 0 atom stereocenters. The minimum absolute atomic E-state index is 0.133. The molecular formula is C20H38N2O3. The van der Waals surface area contributed by atoms with Crippen LogP contribution in [-0.4, -0.2) is 74.9 Å². The van der Waals surface area contributed by atoms with Crippen molar-refractivity contribution in [1.29, 1.82) is 0 Å². The highest BCUT2D eigenvalue weighted by atomic mass is 16.5. The van der Waals surface area contributed by atoms with Crippen LogP contribution in [0.2, 0.25) is 0 Å². The molecule has 25 heavy (non-hydrogen) atoms. The lowest BCUT2D eigenvalue weighted by molar-refractivity contribution is -0.138. The summed E-state index contributed by atoms with van der Waals surface area (Å²) in [6.07, 6.45) is 4.73. The van der Waals surface area contributed by atoms with Gasteiger partial charge in [-0.25, -0.2) is 0 Å². The Labute approximate surface area is 154 Å². The van der Waals surface area contributed by atoms with E-state index in [0.29, 0.717) is 19.1 Å². The van der Waals surface area contributed by atoms with Crippen molar-refractivity contribution in [3.05, 3.63) is 0 Å². The average molecular weight is 355 g/mol. The summed E-state index contributed by atoms with van der Waals surface area (Å²) in [7, 11) is 0. The first-order valence-corrected chi connectivity index (χ1v) is 10.3. The predicted octanol–water partition coefficient (Wildman–Crippen LogP) is 2.65. The standard InChI is InChI=1S/C20H38N2O3/c1-4-21-9-5-18(6-10-21)15-24-13-14-25-16-20(23)22-11-7-19(8-12-22)17(2)3/h17-19H,4-16H2,1-3H3. The summed E-state index contributed by atoms with van der Waals surface area (Å²) in [4.78, 5) is 16.6. The molecule has 0 aromatic carbocycles. The lowest BCUT2D eigenvalue weighted by Crippen LogP contribution is -2.41. The third kappa shape index (κ3) is 7.24. The van der Waals surface area contributed by atoms with Crippen LogP contribution in [0, 0.1) is 17.8 Å². The molecule has 2 rings (SSSR count). The quantitative estimate of drug-likeness (QED) is 0.597. The fourth-order valence-corrected chi connectivity index (χ4v) is 3.90. The van der Waals surface area contributed by atoms with E-state index in [0.717, 1.165) is 50.9 Å². The summed E-state index contributed by atoms with van der Waals surface area (Å²) in [5.74, 6) is 2.31. The number of piperidine rings is 2. The smallest absolute Gasteiger partial charge is 0.248 e. The minimum atomic E-state index is 0.133. The van der Waals surface area contributed by atoms with Gasteiger partial charge in [-0.15, -0.1) is 0 Å². The molecule has 0 aliphatic carbocycles. The fraction of sp³-hybridized carbons (Fsp3) is 0.950. The van der Waals surface area contributed by atoms with E-state index < -0.39 is 0 Å². The summed E-state index contributed by atoms with van der Waals surface area (Å²) in [6.45, 7) is 14.2. The lowest BCUT2D eigenvalue weighted by Gasteiger charge is -2.33. The van der Waals surface area contributed by atoms with Gasteiger partial charge in [-0.3, -0.25) is 4.79 Å². The van der Waals surface area contributed by atoms with Crippen molar-refractivity contribution in [2.45, 2.75) is 46.5 Å².